The summed E-state index contributed by atoms with van der Waals surface area (Å²) < 4.78 is 6.19. The average Bonchev–Trinajstić information content (AvgIpc) is 3.37. The summed E-state index contributed by atoms with van der Waals surface area (Å²) in [6, 6.07) is 10.0. The molecule has 11 atom stereocenters. The highest BCUT2D eigenvalue weighted by atomic mass is 16.5. The summed E-state index contributed by atoms with van der Waals surface area (Å²) in [5.41, 5.74) is 0.0119. The molecule has 0 saturated heterocycles. The van der Waals surface area contributed by atoms with Gasteiger partial charge in [0.15, 0.2) is 0 Å². The lowest BCUT2D eigenvalue weighted by Gasteiger charge is -2.72. The van der Waals surface area contributed by atoms with Gasteiger partial charge in [0.05, 0.1) is 17.1 Å². The molecule has 1 aromatic rings. The summed E-state index contributed by atoms with van der Waals surface area (Å²) in [7, 11) is 0. The lowest BCUT2D eigenvalue weighted by atomic mass is 9.32. The van der Waals surface area contributed by atoms with E-state index < -0.39 is 11.0 Å². The molecule has 0 spiro atoms. The molecule has 0 amide bonds. The Bertz CT molecular complexity index is 1220. The molecule has 5 fully saturated rings. The third-order valence-corrected chi connectivity index (χ3v) is 15.4. The number of benzene rings is 1. The largest absolute Gasteiger partial charge is 0.460 e. The molecule has 5 aliphatic carbocycles. The van der Waals surface area contributed by atoms with Crippen LogP contribution in [-0.2, 0) is 16.1 Å². The van der Waals surface area contributed by atoms with Crippen LogP contribution in [-0.4, -0.2) is 27.9 Å². The van der Waals surface area contributed by atoms with Crippen molar-refractivity contribution in [3.05, 3.63) is 48.6 Å². The van der Waals surface area contributed by atoms with E-state index in [1.165, 1.54) is 19.3 Å². The highest BCUT2D eigenvalue weighted by Crippen LogP contribution is 2.77. The molecule has 2 N–H and O–H groups in total. The molecule has 5 aliphatic rings. The molecule has 4 nitrogen and oxygen atoms in total. The second kappa shape index (κ2) is 10.4. The second-order valence-corrected chi connectivity index (χ2v) is 17.3. The Balaban J connectivity index is 1.37. The third-order valence-electron chi connectivity index (χ3n) is 15.4. The first kappa shape index (κ1) is 31.3. The highest BCUT2D eigenvalue weighted by molar-refractivity contribution is 5.78. The van der Waals surface area contributed by atoms with E-state index in [9.17, 15) is 15.0 Å². The Morgan fingerprint density at radius 3 is 2.35 bits per heavy atom. The summed E-state index contributed by atoms with van der Waals surface area (Å²) in [5, 5.41) is 23.0. The van der Waals surface area contributed by atoms with Gasteiger partial charge in [-0.05, 0) is 134 Å². The van der Waals surface area contributed by atoms with Crippen LogP contribution in [0.15, 0.2) is 43.0 Å². The number of hydrogen-bond donors (Lipinski definition) is 2. The normalized spacial score (nSPS) is 46.3. The van der Waals surface area contributed by atoms with Crippen LogP contribution in [0.25, 0.3) is 0 Å². The van der Waals surface area contributed by atoms with E-state index in [0.29, 0.717) is 30.8 Å². The molecule has 5 unspecified atom stereocenters. The van der Waals surface area contributed by atoms with E-state index in [0.717, 1.165) is 50.5 Å². The minimum absolute atomic E-state index is 0.0359. The molecular formula is C39H58O4. The number of aliphatic hydroxyl groups excluding tert-OH is 1. The summed E-state index contributed by atoms with van der Waals surface area (Å²) in [6.07, 6.45) is 12.4. The van der Waals surface area contributed by atoms with Gasteiger partial charge in [0.1, 0.15) is 6.61 Å². The summed E-state index contributed by atoms with van der Waals surface area (Å²) in [6.45, 7) is 18.7. The van der Waals surface area contributed by atoms with Crippen molar-refractivity contribution in [3.8, 4) is 0 Å². The van der Waals surface area contributed by atoms with Gasteiger partial charge in [-0.3, -0.25) is 4.79 Å². The molecule has 238 valence electrons. The lowest BCUT2D eigenvalue weighted by molar-refractivity contribution is -0.253. The molecule has 4 heteroatoms. The van der Waals surface area contributed by atoms with Crippen LogP contribution in [0.2, 0.25) is 0 Å². The van der Waals surface area contributed by atoms with E-state index in [-0.39, 0.29) is 45.6 Å². The molecule has 1 aromatic carbocycles. The van der Waals surface area contributed by atoms with Gasteiger partial charge < -0.3 is 14.9 Å². The summed E-state index contributed by atoms with van der Waals surface area (Å²) in [4.78, 5) is 14.3. The molecule has 0 aromatic heterocycles. The smallest absolute Gasteiger partial charge is 0.312 e. The predicted molar refractivity (Wildman–Crippen MR) is 172 cm³/mol. The molecule has 0 aliphatic heterocycles. The Kier molecular flexibility index (Phi) is 7.61. The average molecular weight is 591 g/mol. The molecular weight excluding hydrogens is 532 g/mol. The van der Waals surface area contributed by atoms with Gasteiger partial charge >= 0.3 is 5.97 Å². The van der Waals surface area contributed by atoms with Crippen molar-refractivity contribution in [1.82, 2.24) is 0 Å². The zero-order chi connectivity index (χ0) is 31.1. The van der Waals surface area contributed by atoms with Crippen LogP contribution in [0.1, 0.15) is 118 Å². The van der Waals surface area contributed by atoms with E-state index in [1.807, 2.05) is 43.3 Å². The number of fused-ring (bicyclic) bond motifs is 7. The Hall–Kier alpha value is -1.65. The van der Waals surface area contributed by atoms with Crippen molar-refractivity contribution < 1.29 is 19.7 Å². The quantitative estimate of drug-likeness (QED) is 0.258. The Morgan fingerprint density at radius 2 is 1.65 bits per heavy atom. The van der Waals surface area contributed by atoms with Crippen molar-refractivity contribution >= 4 is 5.97 Å². The number of hydrogen-bond acceptors (Lipinski definition) is 4. The molecule has 43 heavy (non-hydrogen) atoms. The first-order chi connectivity index (χ1) is 20.2. The van der Waals surface area contributed by atoms with Crippen LogP contribution in [0.3, 0.4) is 0 Å². The van der Waals surface area contributed by atoms with Gasteiger partial charge in [0, 0.05) is 0 Å². The van der Waals surface area contributed by atoms with Gasteiger partial charge in [0.25, 0.3) is 0 Å². The number of rotatable bonds is 6. The van der Waals surface area contributed by atoms with Crippen LogP contribution >= 0.6 is 0 Å². The van der Waals surface area contributed by atoms with Gasteiger partial charge in [-0.25, -0.2) is 0 Å². The van der Waals surface area contributed by atoms with Crippen LogP contribution in [0.5, 0.6) is 0 Å². The fourth-order valence-electron chi connectivity index (χ4n) is 12.9. The van der Waals surface area contributed by atoms with Gasteiger partial charge in [-0.15, -0.1) is 6.58 Å². The maximum Gasteiger partial charge on any atom is 0.312 e. The van der Waals surface area contributed by atoms with E-state index >= 15 is 0 Å². The molecule has 0 radical (unpaired) electrons. The van der Waals surface area contributed by atoms with Crippen LogP contribution in [0.4, 0.5) is 0 Å². The lowest BCUT2D eigenvalue weighted by Crippen LogP contribution is -2.67. The van der Waals surface area contributed by atoms with E-state index in [4.69, 9.17) is 4.74 Å². The Labute approximate surface area is 261 Å². The third kappa shape index (κ3) is 4.38. The topological polar surface area (TPSA) is 66.8 Å². The number of ether oxygens (including phenoxy) is 1. The number of carbonyl (C=O) groups excluding carboxylic acids is 1. The van der Waals surface area contributed by atoms with Gasteiger partial charge in [-0.1, -0.05) is 71.0 Å². The van der Waals surface area contributed by atoms with Crippen molar-refractivity contribution in [3.63, 3.8) is 0 Å². The van der Waals surface area contributed by atoms with Gasteiger partial charge in [-0.2, -0.15) is 0 Å². The van der Waals surface area contributed by atoms with Gasteiger partial charge in [0.2, 0.25) is 0 Å². The SMILES string of the molecule is C=CCC(C)(O)[C@@H]1CC[C@]2(C(=O)OCc3ccccc3)CC[C@]3(C)C(CCC4[C@@]5(C)CC[C@@H](O)C(C)(C)C5CC[C@]43C)C12. The highest BCUT2D eigenvalue weighted by Gasteiger charge is 2.73. The Morgan fingerprint density at radius 1 is 0.930 bits per heavy atom. The summed E-state index contributed by atoms with van der Waals surface area (Å²) >= 11 is 0. The molecule has 6 rings (SSSR count). The summed E-state index contributed by atoms with van der Waals surface area (Å²) in [5.74, 6) is 1.64. The maximum absolute atomic E-state index is 14.3. The molecule has 0 bridgehead atoms. The van der Waals surface area contributed by atoms with Crippen LogP contribution in [0, 0.1) is 56.7 Å². The van der Waals surface area contributed by atoms with Crippen molar-refractivity contribution in [2.75, 3.05) is 0 Å². The monoisotopic (exact) mass is 590 g/mol. The number of esters is 1. The molecule has 0 heterocycles. The molecule has 5 saturated carbocycles. The van der Waals surface area contributed by atoms with Crippen molar-refractivity contribution in [2.24, 2.45) is 56.7 Å². The first-order valence-corrected chi connectivity index (χ1v) is 17.4. The number of aliphatic hydroxyl groups is 2. The fraction of sp³-hybridized carbons (Fsp3) is 0.769. The fourth-order valence-corrected chi connectivity index (χ4v) is 12.9. The minimum atomic E-state index is -0.892. The zero-order valence-corrected chi connectivity index (χ0v) is 27.8. The van der Waals surface area contributed by atoms with E-state index in [1.54, 1.807) is 0 Å². The van der Waals surface area contributed by atoms with Crippen LogP contribution < -0.4 is 0 Å². The maximum atomic E-state index is 14.3. The standard InChI is InChI=1S/C39H58O4/c1-8-19-38(7,42)28-16-22-39(33(41)43-25-26-12-10-9-11-13-26)24-23-36(5)27(32(28)39)14-15-30-35(4)20-18-31(40)34(2,3)29(35)17-21-37(30,36)6/h8-13,27-32,40,42H,1,14-25H2,2-7H3/t27?,28-,29?,30?,31-,32?,35+,36-,37-,38?,39+/m1/s1. The van der Waals surface area contributed by atoms with E-state index in [2.05, 4.69) is 41.2 Å². The zero-order valence-electron chi connectivity index (χ0n) is 27.8. The van der Waals surface area contributed by atoms with Crippen molar-refractivity contribution in [1.29, 1.82) is 0 Å². The second-order valence-electron chi connectivity index (χ2n) is 17.3. The number of carbonyl (C=O) groups is 1. The first-order valence-electron chi connectivity index (χ1n) is 17.4. The minimum Gasteiger partial charge on any atom is -0.460 e. The predicted octanol–water partition coefficient (Wildman–Crippen LogP) is 8.50. The van der Waals surface area contributed by atoms with Crippen molar-refractivity contribution in [2.45, 2.75) is 130 Å².